The number of hydrogen-bond acceptors (Lipinski definition) is 3. The van der Waals surface area contributed by atoms with Gasteiger partial charge in [0.2, 0.25) is 0 Å². The van der Waals surface area contributed by atoms with Gasteiger partial charge in [0, 0.05) is 11.9 Å². The standard InChI is InChI=1S/C18H12ClF2N3O/c19-12-4-1-2-7-15(12)23-11-8-9-22-16(10-11)18(25)24-17-13(20)5-3-6-14(17)21/h1-10H,(H,22,23)(H,24,25). The number of anilines is 3. The summed E-state index contributed by atoms with van der Waals surface area (Å²) in [6.07, 6.45) is 1.41. The molecule has 3 rings (SSSR count). The Labute approximate surface area is 147 Å². The Bertz CT molecular complexity index is 913. The topological polar surface area (TPSA) is 54.0 Å². The fourth-order valence-electron chi connectivity index (χ4n) is 2.15. The van der Waals surface area contributed by atoms with Crippen LogP contribution in [0.1, 0.15) is 10.5 Å². The van der Waals surface area contributed by atoms with Crippen molar-refractivity contribution < 1.29 is 13.6 Å². The molecule has 126 valence electrons. The molecular formula is C18H12ClF2N3O. The summed E-state index contributed by atoms with van der Waals surface area (Å²) in [5.74, 6) is -2.45. The van der Waals surface area contributed by atoms with Gasteiger partial charge in [-0.25, -0.2) is 8.78 Å². The van der Waals surface area contributed by atoms with E-state index in [1.54, 1.807) is 24.3 Å². The molecule has 4 nitrogen and oxygen atoms in total. The van der Waals surface area contributed by atoms with Gasteiger partial charge in [-0.3, -0.25) is 9.78 Å². The minimum atomic E-state index is -0.862. The van der Waals surface area contributed by atoms with Crippen molar-refractivity contribution in [3.05, 3.63) is 83.1 Å². The lowest BCUT2D eigenvalue weighted by atomic mass is 10.2. The summed E-state index contributed by atoms with van der Waals surface area (Å²) in [7, 11) is 0. The van der Waals surface area contributed by atoms with E-state index in [1.165, 1.54) is 18.3 Å². The van der Waals surface area contributed by atoms with Gasteiger partial charge in [0.1, 0.15) is 23.0 Å². The highest BCUT2D eigenvalue weighted by Gasteiger charge is 2.14. The zero-order valence-corrected chi connectivity index (χ0v) is 13.5. The first-order chi connectivity index (χ1) is 12.0. The van der Waals surface area contributed by atoms with Crippen LogP contribution < -0.4 is 10.6 Å². The first-order valence-corrected chi connectivity index (χ1v) is 7.65. The van der Waals surface area contributed by atoms with E-state index in [-0.39, 0.29) is 5.69 Å². The predicted octanol–water partition coefficient (Wildman–Crippen LogP) is 5.01. The number of carbonyl (C=O) groups is 1. The molecule has 1 amide bonds. The fourth-order valence-corrected chi connectivity index (χ4v) is 2.33. The van der Waals surface area contributed by atoms with Crippen LogP contribution >= 0.6 is 11.6 Å². The van der Waals surface area contributed by atoms with Crippen molar-refractivity contribution in [3.63, 3.8) is 0 Å². The molecule has 3 aromatic rings. The van der Waals surface area contributed by atoms with Crippen molar-refractivity contribution in [3.8, 4) is 0 Å². The summed E-state index contributed by atoms with van der Waals surface area (Å²) >= 11 is 6.08. The van der Waals surface area contributed by atoms with E-state index >= 15 is 0 Å². The average Bonchev–Trinajstić information content (AvgIpc) is 2.60. The molecule has 7 heteroatoms. The Hall–Kier alpha value is -2.99. The summed E-state index contributed by atoms with van der Waals surface area (Å²) in [4.78, 5) is 16.2. The number of halogens is 3. The number of benzene rings is 2. The minimum Gasteiger partial charge on any atom is -0.354 e. The van der Waals surface area contributed by atoms with Gasteiger partial charge in [-0.15, -0.1) is 0 Å². The van der Waals surface area contributed by atoms with Crippen LogP contribution in [0.4, 0.5) is 25.8 Å². The number of para-hydroxylation sites is 2. The maximum atomic E-state index is 13.6. The molecular weight excluding hydrogens is 348 g/mol. The molecule has 0 radical (unpaired) electrons. The number of amides is 1. The Morgan fingerprint density at radius 3 is 2.44 bits per heavy atom. The lowest BCUT2D eigenvalue weighted by molar-refractivity contribution is 0.102. The Morgan fingerprint density at radius 2 is 1.72 bits per heavy atom. The van der Waals surface area contributed by atoms with Gasteiger partial charge in [-0.2, -0.15) is 0 Å². The van der Waals surface area contributed by atoms with Gasteiger partial charge in [-0.1, -0.05) is 29.8 Å². The Balaban J connectivity index is 1.81. The first kappa shape index (κ1) is 16.9. The van der Waals surface area contributed by atoms with E-state index in [0.29, 0.717) is 16.4 Å². The number of hydrogen-bond donors (Lipinski definition) is 2. The number of carbonyl (C=O) groups excluding carboxylic acids is 1. The van der Waals surface area contributed by atoms with Crippen LogP contribution in [-0.4, -0.2) is 10.9 Å². The van der Waals surface area contributed by atoms with Crippen LogP contribution in [0, 0.1) is 11.6 Å². The van der Waals surface area contributed by atoms with E-state index in [9.17, 15) is 13.6 Å². The van der Waals surface area contributed by atoms with E-state index in [2.05, 4.69) is 15.6 Å². The number of aromatic nitrogens is 1. The van der Waals surface area contributed by atoms with E-state index < -0.39 is 23.2 Å². The van der Waals surface area contributed by atoms with Gasteiger partial charge in [0.15, 0.2) is 0 Å². The number of nitrogens with zero attached hydrogens (tertiary/aromatic N) is 1. The van der Waals surface area contributed by atoms with Gasteiger partial charge in [0.25, 0.3) is 5.91 Å². The summed E-state index contributed by atoms with van der Waals surface area (Å²) < 4.78 is 27.3. The molecule has 0 bridgehead atoms. The average molecular weight is 360 g/mol. The van der Waals surface area contributed by atoms with Gasteiger partial charge >= 0.3 is 0 Å². The maximum Gasteiger partial charge on any atom is 0.274 e. The highest BCUT2D eigenvalue weighted by molar-refractivity contribution is 6.33. The molecule has 0 fully saturated rings. The third-order valence-electron chi connectivity index (χ3n) is 3.35. The number of rotatable bonds is 4. The largest absolute Gasteiger partial charge is 0.354 e. The van der Waals surface area contributed by atoms with E-state index in [0.717, 1.165) is 12.1 Å². The molecule has 2 aromatic carbocycles. The molecule has 0 spiro atoms. The van der Waals surface area contributed by atoms with Crippen LogP contribution in [0.25, 0.3) is 0 Å². The molecule has 0 saturated heterocycles. The highest BCUT2D eigenvalue weighted by Crippen LogP contribution is 2.25. The van der Waals surface area contributed by atoms with Gasteiger partial charge in [0.05, 0.1) is 10.7 Å². The molecule has 1 heterocycles. The third-order valence-corrected chi connectivity index (χ3v) is 3.68. The van der Waals surface area contributed by atoms with Crippen molar-refractivity contribution in [2.45, 2.75) is 0 Å². The van der Waals surface area contributed by atoms with E-state index in [1.807, 2.05) is 6.07 Å². The van der Waals surface area contributed by atoms with Crippen molar-refractivity contribution in [2.75, 3.05) is 10.6 Å². The second kappa shape index (κ2) is 7.27. The lowest BCUT2D eigenvalue weighted by Crippen LogP contribution is -2.16. The van der Waals surface area contributed by atoms with Gasteiger partial charge < -0.3 is 10.6 Å². The van der Waals surface area contributed by atoms with Crippen LogP contribution in [0.2, 0.25) is 5.02 Å². The van der Waals surface area contributed by atoms with Crippen LogP contribution in [0.5, 0.6) is 0 Å². The summed E-state index contributed by atoms with van der Waals surface area (Å²) in [6, 6.07) is 13.5. The minimum absolute atomic E-state index is 0.000272. The molecule has 0 aliphatic heterocycles. The molecule has 25 heavy (non-hydrogen) atoms. The Kier molecular flexibility index (Phi) is 4.90. The smallest absolute Gasteiger partial charge is 0.274 e. The Morgan fingerprint density at radius 1 is 1.00 bits per heavy atom. The number of nitrogens with one attached hydrogen (secondary N) is 2. The predicted molar refractivity (Wildman–Crippen MR) is 93.3 cm³/mol. The second-order valence-electron chi connectivity index (χ2n) is 5.09. The summed E-state index contributed by atoms with van der Waals surface area (Å²) in [6.45, 7) is 0. The van der Waals surface area contributed by atoms with E-state index in [4.69, 9.17) is 11.6 Å². The van der Waals surface area contributed by atoms with Crippen molar-refractivity contribution in [2.24, 2.45) is 0 Å². The zero-order valence-electron chi connectivity index (χ0n) is 12.8. The monoisotopic (exact) mass is 359 g/mol. The van der Waals surface area contributed by atoms with Crippen LogP contribution in [0.3, 0.4) is 0 Å². The molecule has 0 saturated carbocycles. The summed E-state index contributed by atoms with van der Waals surface area (Å²) in [5.41, 5.74) is 0.697. The molecule has 0 aliphatic rings. The molecule has 0 atom stereocenters. The first-order valence-electron chi connectivity index (χ1n) is 7.27. The zero-order chi connectivity index (χ0) is 17.8. The summed E-state index contributed by atoms with van der Waals surface area (Å²) in [5, 5.41) is 5.76. The van der Waals surface area contributed by atoms with Crippen LogP contribution in [0.15, 0.2) is 60.8 Å². The van der Waals surface area contributed by atoms with Crippen molar-refractivity contribution >= 4 is 34.6 Å². The van der Waals surface area contributed by atoms with Crippen molar-refractivity contribution in [1.29, 1.82) is 0 Å². The lowest BCUT2D eigenvalue weighted by Gasteiger charge is -2.10. The van der Waals surface area contributed by atoms with Crippen LogP contribution in [-0.2, 0) is 0 Å². The molecule has 0 unspecified atom stereocenters. The van der Waals surface area contributed by atoms with Crippen molar-refractivity contribution in [1.82, 2.24) is 4.98 Å². The molecule has 2 N–H and O–H groups in total. The third kappa shape index (κ3) is 3.92. The SMILES string of the molecule is O=C(Nc1c(F)cccc1F)c1cc(Nc2ccccc2Cl)ccn1. The molecule has 1 aromatic heterocycles. The number of pyridine rings is 1. The quantitative estimate of drug-likeness (QED) is 0.688. The second-order valence-corrected chi connectivity index (χ2v) is 5.49. The van der Waals surface area contributed by atoms with Gasteiger partial charge in [-0.05, 0) is 36.4 Å². The fraction of sp³-hybridized carbons (Fsp3) is 0. The maximum absolute atomic E-state index is 13.6. The molecule has 0 aliphatic carbocycles. The normalized spacial score (nSPS) is 10.4. The highest BCUT2D eigenvalue weighted by atomic mass is 35.5.